The van der Waals surface area contributed by atoms with E-state index in [0.717, 1.165) is 11.8 Å². The first-order chi connectivity index (χ1) is 21.5. The van der Waals surface area contributed by atoms with Crippen molar-refractivity contribution >= 4 is 41.1 Å². The van der Waals surface area contributed by atoms with E-state index >= 15 is 0 Å². The van der Waals surface area contributed by atoms with Gasteiger partial charge in [-0.2, -0.15) is 5.26 Å². The van der Waals surface area contributed by atoms with Gasteiger partial charge in [0.05, 0.1) is 36.3 Å². The van der Waals surface area contributed by atoms with Crippen molar-refractivity contribution < 1.29 is 47.7 Å². The number of hydrogen-bond acceptors (Lipinski definition) is 14. The van der Waals surface area contributed by atoms with Crippen molar-refractivity contribution in [1.29, 1.82) is 5.26 Å². The number of nitrogens with zero attached hydrogens (tertiary/aromatic N) is 3. The van der Waals surface area contributed by atoms with E-state index in [0.29, 0.717) is 33.8 Å². The van der Waals surface area contributed by atoms with Crippen molar-refractivity contribution in [2.24, 2.45) is 0 Å². The molecule has 6 atom stereocenters. The van der Waals surface area contributed by atoms with Gasteiger partial charge in [0.2, 0.25) is 18.4 Å². The molecular formula is C31H29N3O10S. The van der Waals surface area contributed by atoms with Crippen molar-refractivity contribution in [3.05, 3.63) is 39.2 Å². The molecule has 4 bridgehead atoms. The molecule has 3 unspecified atom stereocenters. The Labute approximate surface area is 262 Å². The van der Waals surface area contributed by atoms with Crippen LogP contribution in [0.1, 0.15) is 48.3 Å². The van der Waals surface area contributed by atoms with Gasteiger partial charge in [-0.1, -0.05) is 0 Å². The smallest absolute Gasteiger partial charge is 0.375 e. The number of cyclic esters (lactones) is 1. The van der Waals surface area contributed by atoms with E-state index in [-0.39, 0.29) is 54.0 Å². The molecular weight excluding hydrogens is 606 g/mol. The lowest BCUT2D eigenvalue weighted by atomic mass is 9.68. The minimum absolute atomic E-state index is 0.0402. The van der Waals surface area contributed by atoms with Crippen LogP contribution in [-0.2, 0) is 33.4 Å². The fourth-order valence-electron chi connectivity index (χ4n) is 7.90. The summed E-state index contributed by atoms with van der Waals surface area (Å²) in [5, 5.41) is 10.0. The van der Waals surface area contributed by atoms with E-state index in [1.54, 1.807) is 13.8 Å². The van der Waals surface area contributed by atoms with E-state index < -0.39 is 59.0 Å². The average molecular weight is 636 g/mol. The molecule has 14 heteroatoms. The fraction of sp³-hybridized carbons (Fsp3) is 0.484. The van der Waals surface area contributed by atoms with Crippen LogP contribution in [0.15, 0.2) is 22.5 Å². The molecule has 0 N–H and O–H groups in total. The minimum Gasteiger partial charge on any atom is -0.492 e. The number of rotatable bonds is 2. The monoisotopic (exact) mass is 635 g/mol. The Bertz CT molecular complexity index is 1740. The third-order valence-corrected chi connectivity index (χ3v) is 11.0. The molecule has 2 fully saturated rings. The van der Waals surface area contributed by atoms with E-state index in [1.807, 2.05) is 16.8 Å². The second kappa shape index (κ2) is 10.4. The lowest BCUT2D eigenvalue weighted by Crippen LogP contribution is -2.73. The SMILES string of the molecule is COC1=C(C)C(=O)C2=C(C1=O)C1C3[C@@H]4SCC(=O)C(=O)OC[C@H](c5c6c(c(C)c(OC(C)=O)c54)OCO6)N3[C@@H](C#N)C(C2)N1C. The first-order valence-electron chi connectivity index (χ1n) is 14.4. The van der Waals surface area contributed by atoms with Crippen molar-refractivity contribution in [3.63, 3.8) is 0 Å². The van der Waals surface area contributed by atoms with Crippen LogP contribution in [0.25, 0.3) is 0 Å². The molecule has 234 valence electrons. The highest BCUT2D eigenvalue weighted by molar-refractivity contribution is 8.00. The molecule has 1 aliphatic carbocycles. The lowest BCUT2D eigenvalue weighted by molar-refractivity contribution is -0.156. The van der Waals surface area contributed by atoms with Crippen LogP contribution in [0.4, 0.5) is 0 Å². The third kappa shape index (κ3) is 3.96. The van der Waals surface area contributed by atoms with Crippen LogP contribution >= 0.6 is 11.8 Å². The summed E-state index contributed by atoms with van der Waals surface area (Å²) in [6, 6.07) is -1.24. The Morgan fingerprint density at radius 2 is 1.80 bits per heavy atom. The summed E-state index contributed by atoms with van der Waals surface area (Å²) in [5.41, 5.74) is 2.37. The summed E-state index contributed by atoms with van der Waals surface area (Å²) in [4.78, 5) is 69.9. The molecule has 7 rings (SSSR count). The summed E-state index contributed by atoms with van der Waals surface area (Å²) < 4.78 is 28.7. The number of piperazine rings is 1. The van der Waals surface area contributed by atoms with Crippen molar-refractivity contribution in [1.82, 2.24) is 9.80 Å². The third-order valence-electron chi connectivity index (χ3n) is 9.69. The number of carbonyl (C=O) groups excluding carboxylic acids is 5. The van der Waals surface area contributed by atoms with Gasteiger partial charge in [-0.25, -0.2) is 4.79 Å². The largest absolute Gasteiger partial charge is 0.492 e. The van der Waals surface area contributed by atoms with E-state index in [4.69, 9.17) is 23.7 Å². The summed E-state index contributed by atoms with van der Waals surface area (Å²) in [5.74, 6) is -2.44. The highest BCUT2D eigenvalue weighted by Gasteiger charge is 2.62. The molecule has 0 saturated carbocycles. The van der Waals surface area contributed by atoms with Gasteiger partial charge in [0.1, 0.15) is 18.4 Å². The second-order valence-electron chi connectivity index (χ2n) is 11.8. The zero-order valence-electron chi connectivity index (χ0n) is 25.1. The molecule has 13 nitrogen and oxygen atoms in total. The highest BCUT2D eigenvalue weighted by atomic mass is 32.2. The molecule has 45 heavy (non-hydrogen) atoms. The van der Waals surface area contributed by atoms with Gasteiger partial charge in [-0.05, 0) is 27.3 Å². The number of carbonyl (C=O) groups is 5. The molecule has 0 amide bonds. The zero-order chi connectivity index (χ0) is 32.1. The van der Waals surface area contributed by atoms with Gasteiger partial charge >= 0.3 is 11.9 Å². The maximum atomic E-state index is 14.1. The zero-order valence-corrected chi connectivity index (χ0v) is 25.9. The maximum Gasteiger partial charge on any atom is 0.375 e. The number of nitriles is 1. The van der Waals surface area contributed by atoms with Crippen LogP contribution in [0.3, 0.4) is 0 Å². The Hall–Kier alpha value is -4.19. The van der Waals surface area contributed by atoms with Gasteiger partial charge in [-0.3, -0.25) is 29.0 Å². The number of ketones is 3. The van der Waals surface area contributed by atoms with Gasteiger partial charge in [0.15, 0.2) is 23.0 Å². The first kappa shape index (κ1) is 29.5. The number of esters is 2. The molecule has 1 aromatic carbocycles. The summed E-state index contributed by atoms with van der Waals surface area (Å²) >= 11 is 1.12. The fourth-order valence-corrected chi connectivity index (χ4v) is 9.24. The molecule has 0 radical (unpaired) electrons. The molecule has 1 aromatic rings. The predicted octanol–water partition coefficient (Wildman–Crippen LogP) is 1.62. The number of Topliss-reactive ketones (excluding diaryl/α,β-unsaturated/α-hetero) is 3. The van der Waals surface area contributed by atoms with Gasteiger partial charge < -0.3 is 23.7 Å². The maximum absolute atomic E-state index is 14.1. The number of ether oxygens (including phenoxy) is 5. The van der Waals surface area contributed by atoms with Crippen molar-refractivity contribution in [2.45, 2.75) is 62.7 Å². The van der Waals surface area contributed by atoms with Crippen LogP contribution in [0, 0.1) is 18.3 Å². The van der Waals surface area contributed by atoms with E-state index in [9.17, 15) is 29.2 Å². The highest BCUT2D eigenvalue weighted by Crippen LogP contribution is 2.62. The van der Waals surface area contributed by atoms with E-state index in [2.05, 4.69) is 6.07 Å². The summed E-state index contributed by atoms with van der Waals surface area (Å²) in [6.07, 6.45) is 0.142. The predicted molar refractivity (Wildman–Crippen MR) is 154 cm³/mol. The van der Waals surface area contributed by atoms with Gasteiger partial charge in [-0.15, -0.1) is 11.8 Å². The van der Waals surface area contributed by atoms with E-state index in [1.165, 1.54) is 14.0 Å². The summed E-state index contributed by atoms with van der Waals surface area (Å²) in [6.45, 7) is 4.13. The summed E-state index contributed by atoms with van der Waals surface area (Å²) in [7, 11) is 3.16. The lowest BCUT2D eigenvalue weighted by Gasteiger charge is -2.61. The number of methoxy groups -OCH3 is 1. The van der Waals surface area contributed by atoms with Crippen LogP contribution in [-0.4, -0.2) is 96.6 Å². The minimum atomic E-state index is -1.000. The number of allylic oxidation sites excluding steroid dienone is 2. The Balaban J connectivity index is 1.55. The topological polar surface area (TPSA) is 162 Å². The van der Waals surface area contributed by atoms with Crippen LogP contribution < -0.4 is 14.2 Å². The average Bonchev–Trinajstić information content (AvgIpc) is 3.50. The van der Waals surface area contributed by atoms with Gasteiger partial charge in [0, 0.05) is 52.4 Å². The molecule has 0 spiro atoms. The number of likely N-dealkylation sites (N-methyl/N-ethyl adjacent to an activating group) is 1. The molecule has 6 aliphatic rings. The van der Waals surface area contributed by atoms with Crippen molar-refractivity contribution in [3.8, 4) is 23.3 Å². The second-order valence-corrected chi connectivity index (χ2v) is 12.9. The Morgan fingerprint density at radius 1 is 1.07 bits per heavy atom. The van der Waals surface area contributed by atoms with Crippen molar-refractivity contribution in [2.75, 3.05) is 33.3 Å². The standard InChI is InChI=1S/C31H29N3O10S/c1-11-24(37)14-6-15-16(7-32)34-17-8-41-31(39)18(36)9-45-30(23(34)22(33(15)4)19(14)25(38)27(11)40-5)21-20(17)29-28(42-10-43-29)12(2)26(21)44-13(3)35/h15-17,22-23,30H,6,8-10H2,1-5H3/t15?,16-,17+,22?,23?,30+/m0/s1. The van der Waals surface area contributed by atoms with Crippen LogP contribution in [0.2, 0.25) is 0 Å². The Kier molecular flexibility index (Phi) is 6.84. The quantitative estimate of drug-likeness (QED) is 0.199. The molecule has 5 aliphatic heterocycles. The van der Waals surface area contributed by atoms with Gasteiger partial charge in [0.25, 0.3) is 0 Å². The Morgan fingerprint density at radius 3 is 2.49 bits per heavy atom. The molecule has 0 aromatic heterocycles. The van der Waals surface area contributed by atoms with Crippen LogP contribution in [0.5, 0.6) is 17.2 Å². The molecule has 2 saturated heterocycles. The number of fused-ring (bicyclic) bond motifs is 8. The number of benzene rings is 1. The first-order valence-corrected chi connectivity index (χ1v) is 15.5. The number of thioether (sulfide) groups is 1. The molecule has 5 heterocycles. The normalized spacial score (nSPS) is 30.8. The number of hydrogen-bond donors (Lipinski definition) is 0.